The molecule has 0 aliphatic carbocycles. The average Bonchev–Trinajstić information content (AvgIpc) is 2.77. The third-order valence-corrected chi connectivity index (χ3v) is 7.04. The summed E-state index contributed by atoms with van der Waals surface area (Å²) < 4.78 is 15.6. The molecule has 2 aliphatic heterocycles. The number of nitrogens with zero attached hydrogens (tertiary/aromatic N) is 2. The van der Waals surface area contributed by atoms with Crippen molar-refractivity contribution in [1.29, 1.82) is 0 Å². The SMILES string of the molecule is CC(C)(C)OC(=O)N1CCC(C)(C(=O)O)CC1.COC(=O)C1(C(C)C)CCN(C(=O)OC(C)(C)C)CC1. The Morgan fingerprint density at radius 3 is 1.38 bits per heavy atom. The number of methoxy groups -OCH3 is 1. The summed E-state index contributed by atoms with van der Waals surface area (Å²) in [5, 5.41) is 9.07. The maximum absolute atomic E-state index is 12.1. The van der Waals surface area contributed by atoms with E-state index in [-0.39, 0.29) is 24.1 Å². The first kappa shape index (κ1) is 32.5. The average molecular weight is 529 g/mol. The van der Waals surface area contributed by atoms with Crippen molar-refractivity contribution in [2.45, 2.75) is 99.2 Å². The number of piperidine rings is 2. The van der Waals surface area contributed by atoms with Crippen LogP contribution in [0.1, 0.15) is 88.0 Å². The van der Waals surface area contributed by atoms with Crippen LogP contribution in [0, 0.1) is 16.7 Å². The molecule has 1 N–H and O–H groups in total. The molecule has 0 radical (unpaired) electrons. The molecule has 10 heteroatoms. The number of hydrogen-bond donors (Lipinski definition) is 1. The monoisotopic (exact) mass is 528 g/mol. The number of ether oxygens (including phenoxy) is 3. The molecule has 2 fully saturated rings. The quantitative estimate of drug-likeness (QED) is 0.404. The molecule has 2 heterocycles. The van der Waals surface area contributed by atoms with E-state index in [1.54, 1.807) is 16.7 Å². The van der Waals surface area contributed by atoms with Crippen molar-refractivity contribution < 1.29 is 38.5 Å². The minimum atomic E-state index is -0.790. The van der Waals surface area contributed by atoms with Gasteiger partial charge in [0.25, 0.3) is 0 Å². The van der Waals surface area contributed by atoms with E-state index in [4.69, 9.17) is 19.3 Å². The fourth-order valence-corrected chi connectivity index (χ4v) is 4.36. The number of hydrogen-bond acceptors (Lipinski definition) is 7. The number of esters is 1. The van der Waals surface area contributed by atoms with E-state index in [2.05, 4.69) is 0 Å². The Balaban J connectivity index is 0.000000375. The lowest BCUT2D eigenvalue weighted by Crippen LogP contribution is -2.50. The summed E-state index contributed by atoms with van der Waals surface area (Å²) in [6.07, 6.45) is 1.53. The topological polar surface area (TPSA) is 123 Å². The number of carboxylic acids is 1. The van der Waals surface area contributed by atoms with Crippen LogP contribution in [0.25, 0.3) is 0 Å². The van der Waals surface area contributed by atoms with Gasteiger partial charge >= 0.3 is 24.1 Å². The van der Waals surface area contributed by atoms with Crippen LogP contribution in [0.2, 0.25) is 0 Å². The van der Waals surface area contributed by atoms with Crippen molar-refractivity contribution in [2.24, 2.45) is 16.7 Å². The second-order valence-corrected chi connectivity index (χ2v) is 12.6. The van der Waals surface area contributed by atoms with Crippen molar-refractivity contribution in [1.82, 2.24) is 9.80 Å². The van der Waals surface area contributed by atoms with Gasteiger partial charge in [0.2, 0.25) is 0 Å². The lowest BCUT2D eigenvalue weighted by molar-refractivity contribution is -0.159. The van der Waals surface area contributed by atoms with Crippen LogP contribution in [-0.4, -0.2) is 83.5 Å². The van der Waals surface area contributed by atoms with Gasteiger partial charge in [-0.1, -0.05) is 13.8 Å². The number of amides is 2. The first-order valence-electron chi connectivity index (χ1n) is 13.0. The molecule has 0 aromatic heterocycles. The number of rotatable bonds is 3. The standard InChI is InChI=1S/C15H27NO4.C12H21NO4/c1-11(2)15(12(17)19-6)7-9-16(10-8-15)13(18)20-14(3,4)5;1-11(2,3)17-10(16)13-7-5-12(4,6-8-13)9(14)15/h11H,7-10H2,1-6H3;5-8H2,1-4H3,(H,14,15). The van der Waals surface area contributed by atoms with Crippen LogP contribution in [0.5, 0.6) is 0 Å². The fraction of sp³-hybridized carbons (Fsp3) is 0.852. The summed E-state index contributed by atoms with van der Waals surface area (Å²) in [5.41, 5.74) is -2.19. The third kappa shape index (κ3) is 9.38. The number of carboxylic acid groups (broad SMARTS) is 1. The molecule has 37 heavy (non-hydrogen) atoms. The third-order valence-electron chi connectivity index (χ3n) is 7.04. The Bertz CT molecular complexity index is 809. The molecule has 0 saturated carbocycles. The second kappa shape index (κ2) is 12.3. The molecule has 2 amide bonds. The highest BCUT2D eigenvalue weighted by atomic mass is 16.6. The summed E-state index contributed by atoms with van der Waals surface area (Å²) >= 11 is 0. The number of likely N-dealkylation sites (tertiary alicyclic amines) is 2. The number of aliphatic carboxylic acids is 1. The van der Waals surface area contributed by atoms with Crippen molar-refractivity contribution in [3.63, 3.8) is 0 Å². The summed E-state index contributed by atoms with van der Waals surface area (Å²) in [5.74, 6) is -0.770. The minimum absolute atomic E-state index is 0.170. The van der Waals surface area contributed by atoms with Crippen LogP contribution in [-0.2, 0) is 23.8 Å². The summed E-state index contributed by atoms with van der Waals surface area (Å²) in [6, 6.07) is 0. The molecule has 0 spiro atoms. The lowest BCUT2D eigenvalue weighted by atomic mass is 9.70. The number of carbonyl (C=O) groups is 4. The Hall–Kier alpha value is -2.52. The van der Waals surface area contributed by atoms with E-state index < -0.39 is 28.0 Å². The summed E-state index contributed by atoms with van der Waals surface area (Å²) in [6.45, 7) is 18.7. The molecular weight excluding hydrogens is 480 g/mol. The molecule has 2 saturated heterocycles. The second-order valence-electron chi connectivity index (χ2n) is 12.6. The van der Waals surface area contributed by atoms with E-state index in [0.29, 0.717) is 51.9 Å². The molecular formula is C27H48N2O8. The van der Waals surface area contributed by atoms with E-state index >= 15 is 0 Å². The molecule has 0 aromatic carbocycles. The molecule has 2 aliphatic rings. The minimum Gasteiger partial charge on any atom is -0.481 e. The maximum Gasteiger partial charge on any atom is 0.410 e. The van der Waals surface area contributed by atoms with Gasteiger partial charge in [-0.3, -0.25) is 9.59 Å². The van der Waals surface area contributed by atoms with E-state index in [0.717, 1.165) is 0 Å². The lowest BCUT2D eigenvalue weighted by Gasteiger charge is -2.42. The molecule has 214 valence electrons. The molecule has 0 unspecified atom stereocenters. The van der Waals surface area contributed by atoms with Crippen LogP contribution in [0.4, 0.5) is 9.59 Å². The smallest absolute Gasteiger partial charge is 0.410 e. The zero-order valence-electron chi connectivity index (χ0n) is 24.4. The molecule has 0 aromatic rings. The maximum atomic E-state index is 12.1. The molecule has 10 nitrogen and oxygen atoms in total. The summed E-state index contributed by atoms with van der Waals surface area (Å²) in [7, 11) is 1.42. The Kier molecular flexibility index (Phi) is 10.9. The zero-order chi connectivity index (χ0) is 28.8. The first-order valence-corrected chi connectivity index (χ1v) is 13.0. The van der Waals surface area contributed by atoms with Gasteiger partial charge in [0, 0.05) is 26.2 Å². The zero-order valence-corrected chi connectivity index (χ0v) is 24.4. The van der Waals surface area contributed by atoms with Crippen LogP contribution in [0.3, 0.4) is 0 Å². The Morgan fingerprint density at radius 2 is 1.11 bits per heavy atom. The van der Waals surface area contributed by atoms with Crippen molar-refractivity contribution in [3.8, 4) is 0 Å². The molecule has 0 atom stereocenters. The highest BCUT2D eigenvalue weighted by Gasteiger charge is 2.46. The van der Waals surface area contributed by atoms with Gasteiger partial charge in [0.15, 0.2) is 0 Å². The van der Waals surface area contributed by atoms with Crippen molar-refractivity contribution >= 4 is 24.1 Å². The van der Waals surface area contributed by atoms with Crippen molar-refractivity contribution in [3.05, 3.63) is 0 Å². The summed E-state index contributed by atoms with van der Waals surface area (Å²) in [4.78, 5) is 50.2. The highest BCUT2D eigenvalue weighted by molar-refractivity contribution is 5.78. The van der Waals surface area contributed by atoms with E-state index in [1.165, 1.54) is 7.11 Å². The molecule has 0 bridgehead atoms. The Morgan fingerprint density at radius 1 is 0.757 bits per heavy atom. The van der Waals surface area contributed by atoms with Gasteiger partial charge in [0.1, 0.15) is 11.2 Å². The van der Waals surface area contributed by atoms with Gasteiger partial charge in [-0.25, -0.2) is 9.59 Å². The van der Waals surface area contributed by atoms with Gasteiger partial charge < -0.3 is 29.1 Å². The van der Waals surface area contributed by atoms with Crippen molar-refractivity contribution in [2.75, 3.05) is 33.3 Å². The van der Waals surface area contributed by atoms with Gasteiger partial charge in [-0.15, -0.1) is 0 Å². The van der Waals surface area contributed by atoms with Gasteiger partial charge in [-0.2, -0.15) is 0 Å². The van der Waals surface area contributed by atoms with Gasteiger partial charge in [-0.05, 0) is 80.1 Å². The predicted molar refractivity (Wildman–Crippen MR) is 139 cm³/mol. The van der Waals surface area contributed by atoms with E-state index in [9.17, 15) is 19.2 Å². The van der Waals surface area contributed by atoms with Crippen LogP contribution >= 0.6 is 0 Å². The largest absolute Gasteiger partial charge is 0.481 e. The highest BCUT2D eigenvalue weighted by Crippen LogP contribution is 2.40. The molecule has 2 rings (SSSR count). The van der Waals surface area contributed by atoms with E-state index in [1.807, 2.05) is 55.4 Å². The fourth-order valence-electron chi connectivity index (χ4n) is 4.36. The van der Waals surface area contributed by atoms with Crippen LogP contribution in [0.15, 0.2) is 0 Å². The van der Waals surface area contributed by atoms with Gasteiger partial charge in [0.05, 0.1) is 17.9 Å². The first-order chi connectivity index (χ1) is 16.8. The number of carbonyl (C=O) groups excluding carboxylic acids is 3. The Labute approximate surface area is 222 Å². The predicted octanol–water partition coefficient (Wildman–Crippen LogP) is 4.94. The van der Waals surface area contributed by atoms with Crippen LogP contribution < -0.4 is 0 Å². The normalized spacial score (nSPS) is 19.3.